The summed E-state index contributed by atoms with van der Waals surface area (Å²) < 4.78 is 22.6. The molecule has 2 aromatic heterocycles. The van der Waals surface area contributed by atoms with Crippen LogP contribution >= 0.6 is 11.8 Å². The SMILES string of the molecule is COc1ccc(CSc2nnc3n(Cc4ccccc4)c(=O)c4ccccc4n23)cc1F. The number of benzene rings is 3. The van der Waals surface area contributed by atoms with Gasteiger partial charge in [0.1, 0.15) is 0 Å². The van der Waals surface area contributed by atoms with Gasteiger partial charge in [-0.15, -0.1) is 10.2 Å². The number of nitrogens with zero attached hydrogens (tertiary/aromatic N) is 4. The van der Waals surface area contributed by atoms with Gasteiger partial charge in [0.2, 0.25) is 5.78 Å². The smallest absolute Gasteiger partial charge is 0.263 e. The van der Waals surface area contributed by atoms with Crippen LogP contribution in [0.5, 0.6) is 5.75 Å². The van der Waals surface area contributed by atoms with Crippen LogP contribution in [0.1, 0.15) is 11.1 Å². The fourth-order valence-electron chi connectivity index (χ4n) is 3.68. The van der Waals surface area contributed by atoms with Gasteiger partial charge in [-0.3, -0.25) is 13.8 Å². The van der Waals surface area contributed by atoms with Crippen molar-refractivity contribution in [2.75, 3.05) is 7.11 Å². The number of halogens is 1. The first-order valence-corrected chi connectivity index (χ1v) is 11.0. The van der Waals surface area contributed by atoms with Crippen LogP contribution in [0.4, 0.5) is 4.39 Å². The average molecular weight is 447 g/mol. The van der Waals surface area contributed by atoms with Crippen molar-refractivity contribution in [2.24, 2.45) is 0 Å². The third-order valence-electron chi connectivity index (χ3n) is 5.25. The number of fused-ring (bicyclic) bond motifs is 3. The highest BCUT2D eigenvalue weighted by Crippen LogP contribution is 2.27. The Morgan fingerprint density at radius 3 is 2.53 bits per heavy atom. The molecule has 0 aliphatic rings. The van der Waals surface area contributed by atoms with Crippen LogP contribution in [-0.4, -0.2) is 26.3 Å². The Bertz CT molecular complexity index is 1480. The molecule has 5 aromatic rings. The lowest BCUT2D eigenvalue weighted by molar-refractivity contribution is 0.386. The molecule has 0 spiro atoms. The van der Waals surface area contributed by atoms with Crippen LogP contribution in [0.2, 0.25) is 0 Å². The number of rotatable bonds is 6. The summed E-state index contributed by atoms with van der Waals surface area (Å²) in [4.78, 5) is 13.3. The molecule has 6 nitrogen and oxygen atoms in total. The molecule has 0 bridgehead atoms. The molecule has 0 saturated heterocycles. The van der Waals surface area contributed by atoms with E-state index in [1.54, 1.807) is 10.6 Å². The van der Waals surface area contributed by atoms with E-state index in [4.69, 9.17) is 4.74 Å². The number of thioether (sulfide) groups is 1. The van der Waals surface area contributed by atoms with Gasteiger partial charge in [0, 0.05) is 5.75 Å². The number of hydrogen-bond acceptors (Lipinski definition) is 5. The van der Waals surface area contributed by atoms with Crippen LogP contribution in [0.15, 0.2) is 82.7 Å². The Hall–Kier alpha value is -3.65. The summed E-state index contributed by atoms with van der Waals surface area (Å²) in [6.07, 6.45) is 0. The van der Waals surface area contributed by atoms with E-state index < -0.39 is 5.82 Å². The Morgan fingerprint density at radius 2 is 1.75 bits per heavy atom. The molecule has 8 heteroatoms. The van der Waals surface area contributed by atoms with Crippen molar-refractivity contribution in [2.45, 2.75) is 17.5 Å². The maximum absolute atomic E-state index is 14.1. The monoisotopic (exact) mass is 446 g/mol. The lowest BCUT2D eigenvalue weighted by atomic mass is 10.2. The van der Waals surface area contributed by atoms with Gasteiger partial charge in [0.15, 0.2) is 16.7 Å². The molecule has 3 aromatic carbocycles. The van der Waals surface area contributed by atoms with Crippen LogP contribution < -0.4 is 10.3 Å². The Morgan fingerprint density at radius 1 is 0.969 bits per heavy atom. The van der Waals surface area contributed by atoms with Gasteiger partial charge < -0.3 is 4.74 Å². The molecule has 5 rings (SSSR count). The molecule has 0 radical (unpaired) electrons. The molecule has 0 N–H and O–H groups in total. The second-order valence-electron chi connectivity index (χ2n) is 7.27. The molecule has 0 aliphatic heterocycles. The molecular formula is C24H19FN4O2S. The molecule has 0 fully saturated rings. The minimum absolute atomic E-state index is 0.113. The number of methoxy groups -OCH3 is 1. The van der Waals surface area contributed by atoms with Crippen molar-refractivity contribution in [3.05, 3.63) is 100 Å². The summed E-state index contributed by atoms with van der Waals surface area (Å²) >= 11 is 1.43. The van der Waals surface area contributed by atoms with Crippen molar-refractivity contribution in [3.63, 3.8) is 0 Å². The average Bonchev–Trinajstić information content (AvgIpc) is 3.25. The molecule has 0 unspecified atom stereocenters. The lowest BCUT2D eigenvalue weighted by Gasteiger charge is -2.11. The minimum atomic E-state index is -0.404. The highest BCUT2D eigenvalue weighted by atomic mass is 32.2. The molecule has 2 heterocycles. The summed E-state index contributed by atoms with van der Waals surface area (Å²) in [5, 5.41) is 9.93. The molecule has 160 valence electrons. The van der Waals surface area contributed by atoms with Gasteiger partial charge in [-0.1, -0.05) is 60.3 Å². The van der Waals surface area contributed by atoms with E-state index in [1.807, 2.05) is 65.1 Å². The van der Waals surface area contributed by atoms with Gasteiger partial charge in [-0.05, 0) is 35.4 Å². The van der Waals surface area contributed by atoms with Gasteiger partial charge in [0.25, 0.3) is 5.56 Å². The number of para-hydroxylation sites is 1. The Balaban J connectivity index is 1.59. The summed E-state index contributed by atoms with van der Waals surface area (Å²) in [5.74, 6) is 0.774. The van der Waals surface area contributed by atoms with Gasteiger partial charge in [-0.2, -0.15) is 0 Å². The first-order chi connectivity index (χ1) is 15.7. The van der Waals surface area contributed by atoms with E-state index in [2.05, 4.69) is 10.2 Å². The summed E-state index contributed by atoms with van der Waals surface area (Å²) in [5.41, 5.74) is 2.42. The summed E-state index contributed by atoms with van der Waals surface area (Å²) in [6, 6.07) is 22.1. The predicted octanol–water partition coefficient (Wildman–Crippen LogP) is 4.53. The van der Waals surface area contributed by atoms with Crippen molar-refractivity contribution in [1.29, 1.82) is 0 Å². The van der Waals surface area contributed by atoms with E-state index in [-0.39, 0.29) is 11.3 Å². The lowest BCUT2D eigenvalue weighted by Crippen LogP contribution is -2.24. The molecule has 0 saturated carbocycles. The van der Waals surface area contributed by atoms with Crippen molar-refractivity contribution >= 4 is 28.4 Å². The van der Waals surface area contributed by atoms with E-state index in [0.717, 1.165) is 16.6 Å². The molecule has 0 aliphatic carbocycles. The zero-order valence-corrected chi connectivity index (χ0v) is 18.1. The molecule has 0 atom stereocenters. The Kier molecular flexibility index (Phi) is 5.36. The van der Waals surface area contributed by atoms with Crippen LogP contribution in [0.3, 0.4) is 0 Å². The highest BCUT2D eigenvalue weighted by Gasteiger charge is 2.17. The topological polar surface area (TPSA) is 61.4 Å². The third kappa shape index (κ3) is 3.62. The number of ether oxygens (including phenoxy) is 1. The van der Waals surface area contributed by atoms with Gasteiger partial charge in [0.05, 0.1) is 24.6 Å². The van der Waals surface area contributed by atoms with E-state index in [9.17, 15) is 9.18 Å². The predicted molar refractivity (Wildman–Crippen MR) is 123 cm³/mol. The standard InChI is InChI=1S/C24H19FN4O2S/c1-31-21-12-11-17(13-19(21)25)15-32-24-27-26-23-28(14-16-7-3-2-4-8-16)22(30)18-9-5-6-10-20(18)29(23)24/h2-13H,14-15H2,1H3. The summed E-state index contributed by atoms with van der Waals surface area (Å²) in [6.45, 7) is 0.389. The number of hydrogen-bond donors (Lipinski definition) is 0. The van der Waals surface area contributed by atoms with Crippen molar-refractivity contribution in [3.8, 4) is 5.75 Å². The van der Waals surface area contributed by atoms with Crippen LogP contribution in [0, 0.1) is 5.82 Å². The normalized spacial score (nSPS) is 11.3. The minimum Gasteiger partial charge on any atom is -0.494 e. The third-order valence-corrected chi connectivity index (χ3v) is 6.25. The maximum atomic E-state index is 14.1. The quantitative estimate of drug-likeness (QED) is 0.359. The first-order valence-electron chi connectivity index (χ1n) is 10.0. The second-order valence-corrected chi connectivity index (χ2v) is 8.21. The summed E-state index contributed by atoms with van der Waals surface area (Å²) in [7, 11) is 1.44. The molecular weight excluding hydrogens is 427 g/mol. The largest absolute Gasteiger partial charge is 0.494 e. The fourth-order valence-corrected chi connectivity index (χ4v) is 4.57. The van der Waals surface area contributed by atoms with Gasteiger partial charge >= 0.3 is 0 Å². The molecule has 0 amide bonds. The van der Waals surface area contributed by atoms with E-state index in [1.165, 1.54) is 24.9 Å². The fraction of sp³-hybridized carbons (Fsp3) is 0.125. The van der Waals surface area contributed by atoms with E-state index in [0.29, 0.717) is 28.6 Å². The first kappa shape index (κ1) is 20.3. The maximum Gasteiger partial charge on any atom is 0.263 e. The molecule has 32 heavy (non-hydrogen) atoms. The van der Waals surface area contributed by atoms with Crippen molar-refractivity contribution < 1.29 is 9.13 Å². The van der Waals surface area contributed by atoms with Crippen LogP contribution in [0.25, 0.3) is 16.7 Å². The van der Waals surface area contributed by atoms with E-state index >= 15 is 0 Å². The zero-order chi connectivity index (χ0) is 22.1. The van der Waals surface area contributed by atoms with Gasteiger partial charge in [-0.25, -0.2) is 4.39 Å². The van der Waals surface area contributed by atoms with Crippen molar-refractivity contribution in [1.82, 2.24) is 19.2 Å². The number of aromatic nitrogens is 4. The zero-order valence-electron chi connectivity index (χ0n) is 17.2. The Labute approximate surface area is 187 Å². The highest BCUT2D eigenvalue weighted by molar-refractivity contribution is 7.98. The second kappa shape index (κ2) is 8.47. The van der Waals surface area contributed by atoms with Crippen LogP contribution in [-0.2, 0) is 12.3 Å².